The highest BCUT2D eigenvalue weighted by atomic mass is 16.6. The van der Waals surface area contributed by atoms with Gasteiger partial charge in [0.1, 0.15) is 18.2 Å². The monoisotopic (exact) mass is 281 g/mol. The van der Waals surface area contributed by atoms with Gasteiger partial charge in [0, 0.05) is 17.8 Å². The molecule has 0 atom stereocenters. The van der Waals surface area contributed by atoms with Gasteiger partial charge in [-0.3, -0.25) is 14.7 Å². The number of non-ortho nitro benzene ring substituents is 1. The Bertz CT molecular complexity index is 913. The fraction of sp³-hybridized carbons (Fsp3) is 0.143. The summed E-state index contributed by atoms with van der Waals surface area (Å²) in [5, 5.41) is 20.1. The van der Waals surface area contributed by atoms with Crippen molar-refractivity contribution >= 4 is 16.7 Å². The third-order valence-corrected chi connectivity index (χ3v) is 3.57. The van der Waals surface area contributed by atoms with Crippen molar-refractivity contribution in [1.29, 1.82) is 5.26 Å². The summed E-state index contributed by atoms with van der Waals surface area (Å²) in [4.78, 5) is 17.7. The van der Waals surface area contributed by atoms with E-state index >= 15 is 0 Å². The van der Waals surface area contributed by atoms with Gasteiger partial charge in [-0.15, -0.1) is 0 Å². The smallest absolute Gasteiger partial charge is 0.271 e. The van der Waals surface area contributed by atoms with E-state index in [0.29, 0.717) is 22.4 Å². The molecule has 0 aliphatic carbocycles. The number of aromatic nitrogens is 3. The number of rotatable bonds is 2. The van der Waals surface area contributed by atoms with Crippen molar-refractivity contribution in [2.45, 2.75) is 13.8 Å². The van der Waals surface area contributed by atoms with Gasteiger partial charge in [-0.1, -0.05) is 0 Å². The quantitative estimate of drug-likeness (QED) is 0.576. The van der Waals surface area contributed by atoms with Crippen LogP contribution in [0.1, 0.15) is 16.8 Å². The van der Waals surface area contributed by atoms with Crippen LogP contribution in [0.5, 0.6) is 0 Å². The molecule has 0 amide bonds. The van der Waals surface area contributed by atoms with Gasteiger partial charge in [0.2, 0.25) is 0 Å². The summed E-state index contributed by atoms with van der Waals surface area (Å²) >= 11 is 0. The molecule has 0 spiro atoms. The maximum atomic E-state index is 10.8. The third-order valence-electron chi connectivity index (χ3n) is 3.57. The van der Waals surface area contributed by atoms with E-state index in [2.05, 4.69) is 16.0 Å². The normalized spacial score (nSPS) is 10.7. The fourth-order valence-electron chi connectivity index (χ4n) is 2.31. The number of hydrogen-bond acceptors (Lipinski definition) is 4. The van der Waals surface area contributed by atoms with Crippen LogP contribution in [-0.4, -0.2) is 19.5 Å². The van der Waals surface area contributed by atoms with Gasteiger partial charge < -0.3 is 4.98 Å². The molecule has 0 saturated heterocycles. The van der Waals surface area contributed by atoms with Crippen LogP contribution in [0, 0.1) is 35.3 Å². The Hall–Kier alpha value is -3.14. The van der Waals surface area contributed by atoms with Crippen molar-refractivity contribution < 1.29 is 4.92 Å². The number of nitrogens with one attached hydrogen (secondary N) is 1. The summed E-state index contributed by atoms with van der Waals surface area (Å²) in [5.41, 5.74) is 3.55. The largest absolute Gasteiger partial charge is 0.344 e. The van der Waals surface area contributed by atoms with E-state index in [1.54, 1.807) is 17.0 Å². The lowest BCUT2D eigenvalue weighted by Gasteiger charge is -2.02. The fourth-order valence-corrected chi connectivity index (χ4v) is 2.31. The molecule has 2 aromatic heterocycles. The molecule has 0 bridgehead atoms. The predicted molar refractivity (Wildman–Crippen MR) is 76.3 cm³/mol. The maximum Gasteiger partial charge on any atom is 0.271 e. The molecule has 1 aromatic carbocycles. The lowest BCUT2D eigenvalue weighted by atomic mass is 10.2. The molecule has 0 fully saturated rings. The Kier molecular flexibility index (Phi) is 2.73. The number of nitro groups is 1. The van der Waals surface area contributed by atoms with Crippen LogP contribution in [0.2, 0.25) is 0 Å². The highest BCUT2D eigenvalue weighted by Crippen LogP contribution is 2.26. The second-order valence-corrected chi connectivity index (χ2v) is 4.76. The van der Waals surface area contributed by atoms with Gasteiger partial charge in [-0.05, 0) is 25.5 Å². The summed E-state index contributed by atoms with van der Waals surface area (Å²) in [7, 11) is 0. The first kappa shape index (κ1) is 12.9. The van der Waals surface area contributed by atoms with Crippen LogP contribution < -0.4 is 0 Å². The molecule has 3 aromatic rings. The molecule has 1 N–H and O–H groups in total. The molecule has 104 valence electrons. The van der Waals surface area contributed by atoms with Gasteiger partial charge in [-0.25, -0.2) is 4.98 Å². The molecule has 0 aliphatic rings. The zero-order chi connectivity index (χ0) is 15.1. The number of nitriles is 1. The average molecular weight is 281 g/mol. The van der Waals surface area contributed by atoms with E-state index in [0.717, 1.165) is 11.3 Å². The van der Waals surface area contributed by atoms with Crippen LogP contribution in [-0.2, 0) is 0 Å². The molecule has 7 heteroatoms. The minimum absolute atomic E-state index is 0.00731. The van der Waals surface area contributed by atoms with Crippen LogP contribution in [0.15, 0.2) is 24.5 Å². The number of aryl methyl sites for hydroxylation is 1. The first-order valence-corrected chi connectivity index (χ1v) is 6.24. The van der Waals surface area contributed by atoms with E-state index in [1.165, 1.54) is 12.1 Å². The molecular weight excluding hydrogens is 270 g/mol. The van der Waals surface area contributed by atoms with Gasteiger partial charge in [0.05, 0.1) is 21.5 Å². The average Bonchev–Trinajstić information content (AvgIpc) is 3.00. The highest BCUT2D eigenvalue weighted by Gasteiger charge is 2.16. The lowest BCUT2D eigenvalue weighted by molar-refractivity contribution is -0.384. The number of hydrogen-bond donors (Lipinski definition) is 1. The van der Waals surface area contributed by atoms with Gasteiger partial charge in [-0.2, -0.15) is 5.26 Å². The zero-order valence-electron chi connectivity index (χ0n) is 11.4. The molecule has 21 heavy (non-hydrogen) atoms. The predicted octanol–water partition coefficient (Wildman–Crippen LogP) is 2.75. The van der Waals surface area contributed by atoms with Crippen LogP contribution in [0.3, 0.4) is 0 Å². The topological polar surface area (TPSA) is 101 Å². The number of aromatic amines is 1. The minimum atomic E-state index is -0.456. The van der Waals surface area contributed by atoms with Gasteiger partial charge in [0.25, 0.3) is 5.69 Å². The number of nitro benzene ring substituents is 1. The van der Waals surface area contributed by atoms with E-state index in [-0.39, 0.29) is 5.69 Å². The molecular formula is C14H11N5O2. The molecule has 7 nitrogen and oxygen atoms in total. The summed E-state index contributed by atoms with van der Waals surface area (Å²) in [6, 6.07) is 6.65. The van der Waals surface area contributed by atoms with Crippen LogP contribution in [0.25, 0.3) is 16.9 Å². The molecule has 3 rings (SSSR count). The van der Waals surface area contributed by atoms with E-state index in [1.807, 2.05) is 13.8 Å². The van der Waals surface area contributed by atoms with Gasteiger partial charge >= 0.3 is 0 Å². The van der Waals surface area contributed by atoms with Crippen molar-refractivity contribution in [1.82, 2.24) is 14.5 Å². The van der Waals surface area contributed by atoms with Crippen molar-refractivity contribution in [2.24, 2.45) is 0 Å². The summed E-state index contributed by atoms with van der Waals surface area (Å²) in [6.07, 6.45) is 1.56. The maximum absolute atomic E-state index is 10.8. The van der Waals surface area contributed by atoms with Crippen molar-refractivity contribution in [2.75, 3.05) is 0 Å². The van der Waals surface area contributed by atoms with Crippen molar-refractivity contribution in [3.8, 4) is 11.9 Å². The number of fused-ring (bicyclic) bond motifs is 1. The molecule has 2 heterocycles. The van der Waals surface area contributed by atoms with Crippen molar-refractivity contribution in [3.05, 3.63) is 51.5 Å². The molecule has 0 unspecified atom stereocenters. The second kappa shape index (κ2) is 4.45. The summed E-state index contributed by atoms with van der Waals surface area (Å²) in [5.74, 6) is 0.629. The Labute approximate surface area is 119 Å². The lowest BCUT2D eigenvalue weighted by Crippen LogP contribution is -1.95. The molecule has 0 aliphatic heterocycles. The zero-order valence-corrected chi connectivity index (χ0v) is 11.4. The first-order valence-electron chi connectivity index (χ1n) is 6.24. The van der Waals surface area contributed by atoms with E-state index < -0.39 is 4.92 Å². The first-order chi connectivity index (χ1) is 10.0. The minimum Gasteiger partial charge on any atom is -0.344 e. The summed E-state index contributed by atoms with van der Waals surface area (Å²) < 4.78 is 1.73. The molecule has 0 radical (unpaired) electrons. The Morgan fingerprint density at radius 1 is 1.43 bits per heavy atom. The second-order valence-electron chi connectivity index (χ2n) is 4.76. The number of benzene rings is 1. The van der Waals surface area contributed by atoms with Crippen LogP contribution in [0.4, 0.5) is 5.69 Å². The number of H-pyrrole nitrogens is 1. The van der Waals surface area contributed by atoms with E-state index in [4.69, 9.17) is 0 Å². The number of nitrogens with zero attached hydrogens (tertiary/aromatic N) is 4. The Balaban J connectivity index is 2.25. The van der Waals surface area contributed by atoms with Crippen LogP contribution >= 0.6 is 0 Å². The van der Waals surface area contributed by atoms with Crippen molar-refractivity contribution in [3.63, 3.8) is 0 Å². The Morgan fingerprint density at radius 3 is 2.86 bits per heavy atom. The SMILES string of the molecule is Cc1[nH]c(-n2cnc3cc([N+](=O)[O-])ccc32)c(C#N)c1C. The third kappa shape index (κ3) is 1.85. The standard InChI is InChI=1S/C14H11N5O2/c1-8-9(2)17-14(11(8)6-15)18-7-16-12-5-10(19(20)21)3-4-13(12)18/h3-5,7,17H,1-2H3. The molecule has 0 saturated carbocycles. The number of imidazole rings is 1. The van der Waals surface area contributed by atoms with Gasteiger partial charge in [0.15, 0.2) is 0 Å². The highest BCUT2D eigenvalue weighted by molar-refractivity contribution is 5.80. The van der Waals surface area contributed by atoms with E-state index in [9.17, 15) is 15.4 Å². The summed E-state index contributed by atoms with van der Waals surface area (Å²) in [6.45, 7) is 3.77. The Morgan fingerprint density at radius 2 is 2.19 bits per heavy atom.